The quantitative estimate of drug-likeness (QED) is 0.587. The summed E-state index contributed by atoms with van der Waals surface area (Å²) in [5, 5.41) is 0. The molecule has 0 aliphatic heterocycles. The molecule has 0 fully saturated rings. The van der Waals surface area contributed by atoms with Crippen LogP contribution in [0.5, 0.6) is 0 Å². The molecule has 1 aromatic carbocycles. The molecule has 0 unspecified atom stereocenters. The Morgan fingerprint density at radius 3 is 2.38 bits per heavy atom. The molecule has 2 nitrogen and oxygen atoms in total. The zero-order valence-electron chi connectivity index (χ0n) is 7.98. The van der Waals surface area contributed by atoms with Gasteiger partial charge in [0.1, 0.15) is 0 Å². The van der Waals surface area contributed by atoms with Crippen molar-refractivity contribution in [3.63, 3.8) is 0 Å². The van der Waals surface area contributed by atoms with Crippen molar-refractivity contribution in [1.29, 1.82) is 0 Å². The second-order valence-electron chi connectivity index (χ2n) is 3.00. The van der Waals surface area contributed by atoms with E-state index in [2.05, 4.69) is 39.0 Å². The molecule has 13 heavy (non-hydrogen) atoms. The van der Waals surface area contributed by atoms with Crippen molar-refractivity contribution in [3.05, 3.63) is 35.4 Å². The van der Waals surface area contributed by atoms with E-state index in [0.29, 0.717) is 5.92 Å². The Morgan fingerprint density at radius 2 is 2.08 bits per heavy atom. The van der Waals surface area contributed by atoms with Crippen LogP contribution < -0.4 is 0 Å². The zero-order chi connectivity index (χ0) is 10.3. The molecule has 1 rings (SSSR count). The third-order valence-corrected chi connectivity index (χ3v) is 1.75. The number of hydrogen-bond donors (Lipinski definition) is 1. The molecule has 0 aliphatic carbocycles. The molecule has 0 aliphatic rings. The maximum absolute atomic E-state index is 8.42. The molecule has 3 heteroatoms. The minimum absolute atomic E-state index is 0.623. The number of aryl methyl sites for hydroxylation is 1. The number of benzene rings is 1. The second kappa shape index (κ2) is 6.93. The molecule has 1 N–H and O–H groups in total. The summed E-state index contributed by atoms with van der Waals surface area (Å²) in [7, 11) is 0. The molecule has 0 spiro atoms. The molecular weight excluding hydrogens is 211 g/mol. The van der Waals surface area contributed by atoms with Crippen molar-refractivity contribution >= 4 is 0 Å². The zero-order valence-corrected chi connectivity index (χ0v) is 8.97. The molecule has 0 amide bonds. The predicted molar refractivity (Wildman–Crippen MR) is 47.0 cm³/mol. The van der Waals surface area contributed by atoms with Crippen molar-refractivity contribution in [2.75, 3.05) is 0 Å². The van der Waals surface area contributed by atoms with Gasteiger partial charge in [0.15, 0.2) is 0 Å². The average molecular weight is 225 g/mol. The average Bonchev–Trinajstić information content (AvgIpc) is 2.06. The molecule has 0 saturated heterocycles. The van der Waals surface area contributed by atoms with Gasteiger partial charge in [-0.15, -0.1) is 0 Å². The fraction of sp³-hybridized carbons (Fsp3) is 0.400. The van der Waals surface area contributed by atoms with Crippen LogP contribution >= 0.6 is 0 Å². The van der Waals surface area contributed by atoms with Gasteiger partial charge in [0.2, 0.25) is 0 Å². The van der Waals surface area contributed by atoms with Crippen molar-refractivity contribution < 1.29 is 22.8 Å². The normalized spacial score (nSPS) is 9.62. The van der Waals surface area contributed by atoms with E-state index >= 15 is 0 Å². The van der Waals surface area contributed by atoms with E-state index in [-0.39, 0.29) is 0 Å². The van der Waals surface area contributed by atoms with Crippen LogP contribution in [-0.4, -0.2) is 4.25 Å². The summed E-state index contributed by atoms with van der Waals surface area (Å²) in [5.74, 6) is 0.623. The van der Waals surface area contributed by atoms with Crippen LogP contribution in [0.4, 0.5) is 0 Å². The van der Waals surface area contributed by atoms with Gasteiger partial charge in [-0.1, -0.05) is 26.7 Å². The summed E-state index contributed by atoms with van der Waals surface area (Å²) < 4.78 is 15.4. The molecule has 0 bridgehead atoms. The van der Waals surface area contributed by atoms with Gasteiger partial charge in [0.25, 0.3) is 0 Å². The molecule has 0 heterocycles. The Hall–Kier alpha value is -0.526. The van der Waals surface area contributed by atoms with Crippen LogP contribution in [0.15, 0.2) is 18.2 Å². The van der Waals surface area contributed by atoms with Gasteiger partial charge >= 0.3 is 22.8 Å². The minimum atomic E-state index is -0.625. The van der Waals surface area contributed by atoms with E-state index in [0.717, 1.165) is 0 Å². The van der Waals surface area contributed by atoms with Crippen LogP contribution in [0.3, 0.4) is 0 Å². The first-order valence-electron chi connectivity index (χ1n) is 3.95. The maximum atomic E-state index is 8.42. The first-order valence-corrected chi connectivity index (χ1v) is 4.80. The third kappa shape index (κ3) is 4.92. The summed E-state index contributed by atoms with van der Waals surface area (Å²) in [6, 6.07) is 9.22. The van der Waals surface area contributed by atoms with Crippen molar-refractivity contribution in [2.45, 2.75) is 26.7 Å². The second-order valence-corrected chi connectivity index (χ2v) is 3.18. The van der Waals surface area contributed by atoms with Crippen LogP contribution in [0.1, 0.15) is 30.9 Å². The molecule has 0 saturated carbocycles. The van der Waals surface area contributed by atoms with Gasteiger partial charge in [0, 0.05) is 0 Å². The Labute approximate surface area is 85.3 Å². The van der Waals surface area contributed by atoms with Gasteiger partial charge in [-0.25, -0.2) is 0 Å². The van der Waals surface area contributed by atoms with Crippen LogP contribution in [0.2, 0.25) is 0 Å². The third-order valence-electron chi connectivity index (χ3n) is 1.75. The summed E-state index contributed by atoms with van der Waals surface area (Å²) >= 11 is -0.625. The van der Waals surface area contributed by atoms with E-state index < -0.39 is 14.7 Å². The molecule has 0 radical (unpaired) electrons. The molecule has 77 valence electrons. The van der Waals surface area contributed by atoms with Gasteiger partial charge < -0.3 is 0 Å². The van der Waals surface area contributed by atoms with Gasteiger partial charge in [-0.05, 0) is 0 Å². The van der Waals surface area contributed by atoms with E-state index in [4.69, 9.17) is 8.15 Å². The van der Waals surface area contributed by atoms with Crippen molar-refractivity contribution in [1.82, 2.24) is 0 Å². The topological polar surface area (TPSA) is 37.3 Å². The van der Waals surface area contributed by atoms with Crippen molar-refractivity contribution in [3.8, 4) is 0 Å². The molecule has 0 atom stereocenters. The Morgan fingerprint density at radius 1 is 1.54 bits per heavy atom. The SMILES string of the molecule is Cc1cc[c-]cc1C(C)C.[O]=[Ni][OH]. The summed E-state index contributed by atoms with van der Waals surface area (Å²) in [6.45, 7) is 6.55. The number of hydrogen-bond acceptors (Lipinski definition) is 1. The summed E-state index contributed by atoms with van der Waals surface area (Å²) in [5.41, 5.74) is 2.77. The Kier molecular flexibility index (Phi) is 6.65. The fourth-order valence-corrected chi connectivity index (χ4v) is 1.14. The van der Waals surface area contributed by atoms with Crippen LogP contribution in [0.25, 0.3) is 0 Å². The van der Waals surface area contributed by atoms with E-state index in [1.54, 1.807) is 0 Å². The standard InChI is InChI=1S/C10H13.Ni.H2O.O/c1-8(2)10-7-5-4-6-9(10)3;;;/h4,6-8H,1-3H3;;1H2;/q-1;+1;;/p-1. The van der Waals surface area contributed by atoms with Crippen LogP contribution in [0, 0.1) is 13.0 Å². The number of rotatable bonds is 1. The summed E-state index contributed by atoms with van der Waals surface area (Å²) in [4.78, 5) is 0. The molecular formula is C10H14NiO2-. The van der Waals surface area contributed by atoms with Gasteiger partial charge in [-0.3, -0.25) is 0 Å². The fourth-order valence-electron chi connectivity index (χ4n) is 1.14. The van der Waals surface area contributed by atoms with Crippen LogP contribution in [-0.2, 0) is 18.6 Å². The summed E-state index contributed by atoms with van der Waals surface area (Å²) in [6.07, 6.45) is 0. The van der Waals surface area contributed by atoms with Gasteiger partial charge in [-0.2, -0.15) is 35.4 Å². The van der Waals surface area contributed by atoms with Gasteiger partial charge in [0.05, 0.1) is 0 Å². The van der Waals surface area contributed by atoms with E-state index in [1.807, 2.05) is 6.07 Å². The Bertz CT molecular complexity index is 259. The monoisotopic (exact) mass is 224 g/mol. The molecule has 0 aromatic heterocycles. The van der Waals surface area contributed by atoms with E-state index in [9.17, 15) is 0 Å². The van der Waals surface area contributed by atoms with E-state index in [1.165, 1.54) is 11.1 Å². The first kappa shape index (κ1) is 12.5. The Balaban J connectivity index is 0.000000424. The molecule has 1 aromatic rings. The predicted octanol–water partition coefficient (Wildman–Crippen LogP) is 2.24. The first-order chi connectivity index (χ1) is 6.13. The van der Waals surface area contributed by atoms with Crippen molar-refractivity contribution in [2.24, 2.45) is 0 Å².